The number of hydrogen-bond donors (Lipinski definition) is 2. The SMILES string of the molecule is N#Cc1cc(Oc2cccc(F)c2F)cc(Nc2ccc3cc[nH]c3c2)n1. The number of nitrogens with one attached hydrogen (secondary N) is 2. The first kappa shape index (κ1) is 16.5. The van der Waals surface area contributed by atoms with Crippen LogP contribution in [-0.2, 0) is 0 Å². The van der Waals surface area contributed by atoms with E-state index in [4.69, 9.17) is 4.74 Å². The van der Waals surface area contributed by atoms with Gasteiger partial charge in [0.2, 0.25) is 5.82 Å². The number of ether oxygens (including phenoxy) is 1. The molecule has 0 saturated heterocycles. The second-order valence-corrected chi connectivity index (χ2v) is 5.74. The molecule has 0 aliphatic rings. The molecule has 0 unspecified atom stereocenters. The zero-order valence-corrected chi connectivity index (χ0v) is 13.8. The summed E-state index contributed by atoms with van der Waals surface area (Å²) in [5, 5.41) is 13.3. The molecule has 0 atom stereocenters. The van der Waals surface area contributed by atoms with Crippen molar-refractivity contribution < 1.29 is 13.5 Å². The molecule has 132 valence electrons. The van der Waals surface area contributed by atoms with E-state index in [2.05, 4.69) is 15.3 Å². The predicted octanol–water partition coefficient (Wildman–Crippen LogP) is 5.25. The van der Waals surface area contributed by atoms with Gasteiger partial charge < -0.3 is 15.0 Å². The largest absolute Gasteiger partial charge is 0.454 e. The van der Waals surface area contributed by atoms with Crippen LogP contribution in [-0.4, -0.2) is 9.97 Å². The van der Waals surface area contributed by atoms with E-state index in [0.717, 1.165) is 22.7 Å². The lowest BCUT2D eigenvalue weighted by Gasteiger charge is -2.11. The molecule has 0 amide bonds. The van der Waals surface area contributed by atoms with Gasteiger partial charge in [-0.3, -0.25) is 0 Å². The molecule has 0 radical (unpaired) electrons. The van der Waals surface area contributed by atoms with Gasteiger partial charge in [-0.25, -0.2) is 9.37 Å². The molecular formula is C20H12F2N4O. The van der Waals surface area contributed by atoms with Gasteiger partial charge in [-0.2, -0.15) is 9.65 Å². The Morgan fingerprint density at radius 2 is 1.96 bits per heavy atom. The molecule has 0 aliphatic carbocycles. The van der Waals surface area contributed by atoms with Crippen LogP contribution in [0.25, 0.3) is 10.9 Å². The Labute approximate surface area is 152 Å². The van der Waals surface area contributed by atoms with Crippen molar-refractivity contribution in [2.75, 3.05) is 5.32 Å². The predicted molar refractivity (Wildman–Crippen MR) is 97.0 cm³/mol. The highest BCUT2D eigenvalue weighted by Crippen LogP contribution is 2.29. The first-order chi connectivity index (χ1) is 13.1. The number of benzene rings is 2. The topological polar surface area (TPSA) is 73.7 Å². The quantitative estimate of drug-likeness (QED) is 0.520. The van der Waals surface area contributed by atoms with Gasteiger partial charge in [-0.1, -0.05) is 12.1 Å². The lowest BCUT2D eigenvalue weighted by atomic mass is 10.2. The van der Waals surface area contributed by atoms with Crippen LogP contribution in [0, 0.1) is 23.0 Å². The van der Waals surface area contributed by atoms with Crippen molar-refractivity contribution in [3.63, 3.8) is 0 Å². The van der Waals surface area contributed by atoms with Gasteiger partial charge in [0.1, 0.15) is 23.3 Å². The summed E-state index contributed by atoms with van der Waals surface area (Å²) in [5.74, 6) is -1.88. The van der Waals surface area contributed by atoms with E-state index in [9.17, 15) is 14.0 Å². The van der Waals surface area contributed by atoms with Gasteiger partial charge in [0, 0.05) is 29.5 Å². The third-order valence-electron chi connectivity index (χ3n) is 3.88. The molecule has 2 aromatic carbocycles. The van der Waals surface area contributed by atoms with E-state index in [1.165, 1.54) is 24.3 Å². The molecule has 2 heterocycles. The van der Waals surface area contributed by atoms with Gasteiger partial charge in [0.25, 0.3) is 0 Å². The minimum absolute atomic E-state index is 0.0766. The highest BCUT2D eigenvalue weighted by molar-refractivity contribution is 5.83. The Hall–Kier alpha value is -3.92. The molecule has 2 aromatic heterocycles. The van der Waals surface area contributed by atoms with Crippen molar-refractivity contribution in [1.82, 2.24) is 9.97 Å². The van der Waals surface area contributed by atoms with Crippen LogP contribution in [0.5, 0.6) is 11.5 Å². The highest BCUT2D eigenvalue weighted by atomic mass is 19.2. The molecule has 4 aromatic rings. The number of hydrogen-bond acceptors (Lipinski definition) is 4. The normalized spacial score (nSPS) is 10.6. The number of nitriles is 1. The molecule has 27 heavy (non-hydrogen) atoms. The highest BCUT2D eigenvalue weighted by Gasteiger charge is 2.12. The van der Waals surface area contributed by atoms with Crippen molar-refractivity contribution in [1.29, 1.82) is 5.26 Å². The summed E-state index contributed by atoms with van der Waals surface area (Å²) in [5.41, 5.74) is 1.76. The molecule has 0 saturated carbocycles. The maximum absolute atomic E-state index is 13.8. The standard InChI is InChI=1S/C20H12F2N4O/c21-16-2-1-3-18(20(16)22)27-15-8-14(11-23)26-19(10-15)25-13-5-4-12-6-7-24-17(12)9-13/h1-10,24H,(H,25,26). The number of anilines is 2. The number of H-pyrrole nitrogens is 1. The molecule has 7 heteroatoms. The molecule has 0 bridgehead atoms. The second-order valence-electron chi connectivity index (χ2n) is 5.74. The summed E-state index contributed by atoms with van der Waals surface area (Å²) in [4.78, 5) is 7.28. The Balaban J connectivity index is 1.66. The van der Waals surface area contributed by atoms with Gasteiger partial charge >= 0.3 is 0 Å². The van der Waals surface area contributed by atoms with E-state index in [1.807, 2.05) is 36.5 Å². The van der Waals surface area contributed by atoms with E-state index in [0.29, 0.717) is 5.82 Å². The van der Waals surface area contributed by atoms with E-state index in [1.54, 1.807) is 0 Å². The van der Waals surface area contributed by atoms with Gasteiger partial charge in [0.15, 0.2) is 11.6 Å². The third-order valence-corrected chi connectivity index (χ3v) is 3.88. The number of aromatic amines is 1. The Morgan fingerprint density at radius 1 is 1.07 bits per heavy atom. The number of aromatic nitrogens is 2. The Bertz CT molecular complexity index is 1180. The molecule has 4 rings (SSSR count). The average molecular weight is 362 g/mol. The summed E-state index contributed by atoms with van der Waals surface area (Å²) in [6.45, 7) is 0. The average Bonchev–Trinajstić information content (AvgIpc) is 3.13. The van der Waals surface area contributed by atoms with Gasteiger partial charge in [0.05, 0.1) is 0 Å². The summed E-state index contributed by atoms with van der Waals surface area (Å²) in [7, 11) is 0. The summed E-state index contributed by atoms with van der Waals surface area (Å²) in [6, 6.07) is 16.1. The molecular weight excluding hydrogens is 350 g/mol. The monoisotopic (exact) mass is 362 g/mol. The van der Waals surface area contributed by atoms with Crippen LogP contribution in [0.4, 0.5) is 20.3 Å². The van der Waals surface area contributed by atoms with Crippen LogP contribution >= 0.6 is 0 Å². The van der Waals surface area contributed by atoms with Crippen molar-refractivity contribution in [2.24, 2.45) is 0 Å². The van der Waals surface area contributed by atoms with Gasteiger partial charge in [-0.05, 0) is 35.7 Å². The number of rotatable bonds is 4. The van der Waals surface area contributed by atoms with Crippen molar-refractivity contribution in [3.05, 3.63) is 78.1 Å². The fourth-order valence-electron chi connectivity index (χ4n) is 2.65. The van der Waals surface area contributed by atoms with Crippen LogP contribution in [0.1, 0.15) is 5.69 Å². The lowest BCUT2D eigenvalue weighted by molar-refractivity contribution is 0.416. The Morgan fingerprint density at radius 3 is 2.81 bits per heavy atom. The number of halogens is 2. The summed E-state index contributed by atoms with van der Waals surface area (Å²) in [6.07, 6.45) is 1.84. The van der Waals surface area contributed by atoms with Crippen LogP contribution in [0.2, 0.25) is 0 Å². The van der Waals surface area contributed by atoms with E-state index >= 15 is 0 Å². The smallest absolute Gasteiger partial charge is 0.201 e. The van der Waals surface area contributed by atoms with Crippen molar-refractivity contribution >= 4 is 22.4 Å². The first-order valence-electron chi connectivity index (χ1n) is 8.00. The molecule has 0 spiro atoms. The minimum atomic E-state index is -1.10. The molecule has 0 fully saturated rings. The first-order valence-corrected chi connectivity index (χ1v) is 8.00. The molecule has 0 aliphatic heterocycles. The van der Waals surface area contributed by atoms with Crippen LogP contribution in [0.15, 0.2) is 60.8 Å². The fourth-order valence-corrected chi connectivity index (χ4v) is 2.65. The van der Waals surface area contributed by atoms with Crippen LogP contribution < -0.4 is 10.1 Å². The van der Waals surface area contributed by atoms with Crippen molar-refractivity contribution in [2.45, 2.75) is 0 Å². The zero-order valence-electron chi connectivity index (χ0n) is 13.8. The van der Waals surface area contributed by atoms with Crippen LogP contribution in [0.3, 0.4) is 0 Å². The number of pyridine rings is 1. The maximum Gasteiger partial charge on any atom is 0.201 e. The summed E-state index contributed by atoms with van der Waals surface area (Å²) >= 11 is 0. The van der Waals surface area contributed by atoms with E-state index < -0.39 is 11.6 Å². The lowest BCUT2D eigenvalue weighted by Crippen LogP contribution is -1.98. The second kappa shape index (κ2) is 6.77. The summed E-state index contributed by atoms with van der Waals surface area (Å²) < 4.78 is 32.6. The number of nitrogens with zero attached hydrogens (tertiary/aromatic N) is 2. The number of fused-ring (bicyclic) bond motifs is 1. The van der Waals surface area contributed by atoms with E-state index in [-0.39, 0.29) is 17.2 Å². The van der Waals surface area contributed by atoms with Crippen molar-refractivity contribution in [3.8, 4) is 17.6 Å². The molecule has 5 nitrogen and oxygen atoms in total. The maximum atomic E-state index is 13.8. The molecule has 2 N–H and O–H groups in total. The van der Waals surface area contributed by atoms with Gasteiger partial charge in [-0.15, -0.1) is 0 Å². The zero-order chi connectivity index (χ0) is 18.8. The third kappa shape index (κ3) is 3.41. The minimum Gasteiger partial charge on any atom is -0.454 e. The fraction of sp³-hybridized carbons (Fsp3) is 0. The Kier molecular flexibility index (Phi) is 4.15.